The second-order valence-electron chi connectivity index (χ2n) is 4.61. The van der Waals surface area contributed by atoms with Gasteiger partial charge in [0.1, 0.15) is 6.04 Å². The molecular weight excluding hydrogens is 236 g/mol. The van der Waals surface area contributed by atoms with Gasteiger partial charge < -0.3 is 15.3 Å². The molecule has 18 heavy (non-hydrogen) atoms. The highest BCUT2D eigenvalue weighted by atomic mass is 16.4. The number of nitrogens with one attached hydrogen (secondary N) is 1. The van der Waals surface area contributed by atoms with Crippen molar-refractivity contribution in [3.05, 3.63) is 0 Å². The zero-order valence-electron chi connectivity index (χ0n) is 10.8. The molecule has 1 aliphatic rings. The van der Waals surface area contributed by atoms with Crippen molar-refractivity contribution in [2.24, 2.45) is 5.92 Å². The highest BCUT2D eigenvalue weighted by Crippen LogP contribution is 2.17. The molecule has 1 saturated heterocycles. The largest absolute Gasteiger partial charge is 0.480 e. The molecule has 0 bridgehead atoms. The number of rotatable bonds is 4. The highest BCUT2D eigenvalue weighted by Gasteiger charge is 2.29. The summed E-state index contributed by atoms with van der Waals surface area (Å²) in [5.41, 5.74) is 0. The van der Waals surface area contributed by atoms with Gasteiger partial charge in [-0.25, -0.2) is 4.79 Å². The number of piperidine rings is 1. The van der Waals surface area contributed by atoms with E-state index >= 15 is 0 Å². The summed E-state index contributed by atoms with van der Waals surface area (Å²) in [5, 5.41) is 11.4. The van der Waals surface area contributed by atoms with Crippen molar-refractivity contribution in [2.45, 2.75) is 39.2 Å². The van der Waals surface area contributed by atoms with Gasteiger partial charge in [0.25, 0.3) is 0 Å². The number of carboxylic acid groups (broad SMARTS) is 1. The number of carbonyl (C=O) groups excluding carboxylic acids is 2. The Balaban J connectivity index is 2.55. The molecular formula is C12H20N2O4. The SMILES string of the molecule is CCC(NC(=O)C1CCCN(C(C)=O)C1)C(=O)O. The van der Waals surface area contributed by atoms with Gasteiger partial charge in [0.15, 0.2) is 0 Å². The minimum absolute atomic E-state index is 0.0437. The fourth-order valence-electron chi connectivity index (χ4n) is 2.11. The number of aliphatic carboxylic acids is 1. The van der Waals surface area contributed by atoms with Gasteiger partial charge in [-0.05, 0) is 19.3 Å². The van der Waals surface area contributed by atoms with Crippen LogP contribution < -0.4 is 5.32 Å². The maximum atomic E-state index is 11.9. The Labute approximate surface area is 106 Å². The van der Waals surface area contributed by atoms with Crippen LogP contribution in [0.1, 0.15) is 33.1 Å². The zero-order valence-corrected chi connectivity index (χ0v) is 10.8. The van der Waals surface area contributed by atoms with Gasteiger partial charge in [0.05, 0.1) is 5.92 Å². The van der Waals surface area contributed by atoms with Crippen molar-refractivity contribution >= 4 is 17.8 Å². The molecule has 0 radical (unpaired) electrons. The Bertz CT molecular complexity index is 343. The van der Waals surface area contributed by atoms with E-state index in [-0.39, 0.29) is 17.7 Å². The van der Waals surface area contributed by atoms with Crippen LogP contribution in [0.15, 0.2) is 0 Å². The van der Waals surface area contributed by atoms with Gasteiger partial charge in [-0.15, -0.1) is 0 Å². The predicted molar refractivity (Wildman–Crippen MR) is 64.8 cm³/mol. The minimum Gasteiger partial charge on any atom is -0.480 e. The number of hydrogen-bond acceptors (Lipinski definition) is 3. The van der Waals surface area contributed by atoms with Gasteiger partial charge >= 0.3 is 5.97 Å². The topological polar surface area (TPSA) is 86.7 Å². The van der Waals surface area contributed by atoms with Crippen molar-refractivity contribution in [2.75, 3.05) is 13.1 Å². The first-order valence-electron chi connectivity index (χ1n) is 6.24. The van der Waals surface area contributed by atoms with E-state index < -0.39 is 12.0 Å². The summed E-state index contributed by atoms with van der Waals surface area (Å²) >= 11 is 0. The second kappa shape index (κ2) is 6.37. The molecule has 102 valence electrons. The van der Waals surface area contributed by atoms with Gasteiger partial charge in [0.2, 0.25) is 11.8 Å². The van der Waals surface area contributed by atoms with Gasteiger partial charge in [-0.1, -0.05) is 6.92 Å². The lowest BCUT2D eigenvalue weighted by Gasteiger charge is -2.31. The van der Waals surface area contributed by atoms with Gasteiger partial charge in [-0.3, -0.25) is 9.59 Å². The predicted octanol–water partition coefficient (Wildman–Crippen LogP) is 0.224. The summed E-state index contributed by atoms with van der Waals surface area (Å²) in [4.78, 5) is 35.7. The molecule has 1 fully saturated rings. The molecule has 0 aromatic rings. The first kappa shape index (κ1) is 14.5. The maximum Gasteiger partial charge on any atom is 0.326 e. The number of amides is 2. The van der Waals surface area contributed by atoms with Crippen LogP contribution >= 0.6 is 0 Å². The molecule has 0 aliphatic carbocycles. The lowest BCUT2D eigenvalue weighted by atomic mass is 9.96. The molecule has 2 unspecified atom stereocenters. The standard InChI is InChI=1S/C12H20N2O4/c1-3-10(12(17)18)13-11(16)9-5-4-6-14(7-9)8(2)15/h9-10H,3-7H2,1-2H3,(H,13,16)(H,17,18). The third kappa shape index (κ3) is 3.72. The summed E-state index contributed by atoms with van der Waals surface area (Å²) in [6, 6.07) is -0.842. The first-order chi connectivity index (χ1) is 8.45. The van der Waals surface area contributed by atoms with Crippen LogP contribution in [0.2, 0.25) is 0 Å². The van der Waals surface area contributed by atoms with E-state index in [9.17, 15) is 14.4 Å². The van der Waals surface area contributed by atoms with Crippen molar-refractivity contribution in [1.82, 2.24) is 10.2 Å². The van der Waals surface area contributed by atoms with Crippen LogP contribution in [0, 0.1) is 5.92 Å². The Kier molecular flexibility index (Phi) is 5.12. The fourth-order valence-corrected chi connectivity index (χ4v) is 2.11. The van der Waals surface area contributed by atoms with E-state index in [0.29, 0.717) is 25.9 Å². The molecule has 6 heteroatoms. The third-order valence-corrected chi connectivity index (χ3v) is 3.26. The number of nitrogens with zero attached hydrogens (tertiary/aromatic N) is 1. The van der Waals surface area contributed by atoms with Crippen LogP contribution in [0.4, 0.5) is 0 Å². The van der Waals surface area contributed by atoms with Crippen molar-refractivity contribution in [3.8, 4) is 0 Å². The maximum absolute atomic E-state index is 11.9. The zero-order chi connectivity index (χ0) is 13.7. The molecule has 2 amide bonds. The molecule has 0 aromatic heterocycles. The Morgan fingerprint density at radius 2 is 2.11 bits per heavy atom. The van der Waals surface area contributed by atoms with Crippen LogP contribution in [-0.4, -0.2) is 46.9 Å². The van der Waals surface area contributed by atoms with Gasteiger partial charge in [-0.2, -0.15) is 0 Å². The smallest absolute Gasteiger partial charge is 0.326 e. The lowest BCUT2D eigenvalue weighted by molar-refractivity contribution is -0.143. The molecule has 6 nitrogen and oxygen atoms in total. The molecule has 1 heterocycles. The van der Waals surface area contributed by atoms with Gasteiger partial charge in [0, 0.05) is 20.0 Å². The Morgan fingerprint density at radius 1 is 1.44 bits per heavy atom. The van der Waals surface area contributed by atoms with Crippen LogP contribution in [0.25, 0.3) is 0 Å². The molecule has 0 saturated carbocycles. The number of carboxylic acids is 1. The van der Waals surface area contributed by atoms with E-state index in [1.54, 1.807) is 11.8 Å². The molecule has 2 N–H and O–H groups in total. The van der Waals surface area contributed by atoms with Crippen molar-refractivity contribution in [1.29, 1.82) is 0 Å². The number of likely N-dealkylation sites (tertiary alicyclic amines) is 1. The quantitative estimate of drug-likeness (QED) is 0.753. The van der Waals surface area contributed by atoms with E-state index in [1.807, 2.05) is 0 Å². The minimum atomic E-state index is -1.02. The first-order valence-corrected chi connectivity index (χ1v) is 6.24. The van der Waals surface area contributed by atoms with E-state index in [2.05, 4.69) is 5.32 Å². The van der Waals surface area contributed by atoms with Crippen LogP contribution in [0.3, 0.4) is 0 Å². The molecule has 0 spiro atoms. The fraction of sp³-hybridized carbons (Fsp3) is 0.750. The average Bonchev–Trinajstić information content (AvgIpc) is 2.35. The lowest BCUT2D eigenvalue weighted by Crippen LogP contribution is -2.48. The summed E-state index contributed by atoms with van der Waals surface area (Å²) in [6.07, 6.45) is 1.83. The Morgan fingerprint density at radius 3 is 2.61 bits per heavy atom. The van der Waals surface area contributed by atoms with Crippen molar-refractivity contribution in [3.63, 3.8) is 0 Å². The third-order valence-electron chi connectivity index (χ3n) is 3.26. The van der Waals surface area contributed by atoms with E-state index in [1.165, 1.54) is 6.92 Å². The molecule has 0 aromatic carbocycles. The summed E-state index contributed by atoms with van der Waals surface area (Å²) < 4.78 is 0. The Hall–Kier alpha value is -1.59. The molecule has 1 rings (SSSR count). The highest BCUT2D eigenvalue weighted by molar-refractivity contribution is 5.85. The average molecular weight is 256 g/mol. The molecule has 1 aliphatic heterocycles. The number of hydrogen-bond donors (Lipinski definition) is 2. The number of carbonyl (C=O) groups is 3. The second-order valence-corrected chi connectivity index (χ2v) is 4.61. The monoisotopic (exact) mass is 256 g/mol. The molecule has 2 atom stereocenters. The normalized spacial score (nSPS) is 21.2. The van der Waals surface area contributed by atoms with Crippen LogP contribution in [-0.2, 0) is 14.4 Å². The summed E-state index contributed by atoms with van der Waals surface area (Å²) in [7, 11) is 0. The van der Waals surface area contributed by atoms with E-state index in [0.717, 1.165) is 6.42 Å². The van der Waals surface area contributed by atoms with Crippen LogP contribution in [0.5, 0.6) is 0 Å². The van der Waals surface area contributed by atoms with Crippen molar-refractivity contribution < 1.29 is 19.5 Å². The summed E-state index contributed by atoms with van der Waals surface area (Å²) in [5.74, 6) is -1.63. The summed E-state index contributed by atoms with van der Waals surface area (Å²) in [6.45, 7) is 4.25. The van der Waals surface area contributed by atoms with E-state index in [4.69, 9.17) is 5.11 Å².